The molecule has 62 valence electrons. The van der Waals surface area contributed by atoms with Crippen molar-refractivity contribution < 1.29 is 4.39 Å². The quantitative estimate of drug-likeness (QED) is 0.564. The number of hydrogen-bond donors (Lipinski definition) is 2. The predicted molar refractivity (Wildman–Crippen MR) is 42.2 cm³/mol. The van der Waals surface area contributed by atoms with Gasteiger partial charge < -0.3 is 11.1 Å². The summed E-state index contributed by atoms with van der Waals surface area (Å²) in [5.41, 5.74) is 5.34. The molecule has 3 N–H and O–H groups in total. The first-order valence-corrected chi connectivity index (χ1v) is 3.41. The number of halogens is 1. The molecule has 0 saturated carbocycles. The zero-order valence-electron chi connectivity index (χ0n) is 6.50. The van der Waals surface area contributed by atoms with E-state index < -0.39 is 6.17 Å². The van der Waals surface area contributed by atoms with Crippen LogP contribution in [0.15, 0.2) is 9.98 Å². The number of amidine groups is 1. The minimum Gasteiger partial charge on any atom is -0.370 e. The van der Waals surface area contributed by atoms with Crippen LogP contribution >= 0.6 is 0 Å². The van der Waals surface area contributed by atoms with Gasteiger partial charge in [-0.1, -0.05) is 0 Å². The number of hydrogen-bond acceptors (Lipinski definition) is 4. The van der Waals surface area contributed by atoms with Crippen LogP contribution in [0.5, 0.6) is 0 Å². The van der Waals surface area contributed by atoms with Crippen LogP contribution in [0.25, 0.3) is 0 Å². The highest BCUT2D eigenvalue weighted by Crippen LogP contribution is 2.01. The second-order valence-corrected chi connectivity index (χ2v) is 2.40. The van der Waals surface area contributed by atoms with E-state index in [0.29, 0.717) is 0 Å². The molecule has 0 aromatic heterocycles. The Labute approximate surface area is 64.4 Å². The number of alkyl halides is 1. The van der Waals surface area contributed by atoms with Gasteiger partial charge in [-0.3, -0.25) is 0 Å². The molecule has 0 bridgehead atoms. The highest BCUT2D eigenvalue weighted by atomic mass is 19.1. The number of nitrogens with two attached hydrogens (primary N) is 1. The van der Waals surface area contributed by atoms with E-state index in [1.54, 1.807) is 6.92 Å². The summed E-state index contributed by atoms with van der Waals surface area (Å²) in [6.07, 6.45) is -1.39. The first-order valence-electron chi connectivity index (χ1n) is 3.41. The highest BCUT2D eigenvalue weighted by molar-refractivity contribution is 6.02. The predicted octanol–water partition coefficient (Wildman–Crippen LogP) is 0.00680. The lowest BCUT2D eigenvalue weighted by molar-refractivity contribution is 0.445. The summed E-state index contributed by atoms with van der Waals surface area (Å²) in [5, 5.41) is 2.55. The van der Waals surface area contributed by atoms with Crippen LogP contribution in [0.3, 0.4) is 0 Å². The zero-order chi connectivity index (χ0) is 8.43. The molecule has 0 fully saturated rings. The molecule has 0 saturated heterocycles. The molecule has 0 radical (unpaired) electrons. The van der Waals surface area contributed by atoms with Crippen molar-refractivity contribution in [1.29, 1.82) is 0 Å². The SMILES string of the molecule is CC1N=C(N)NC([C@@H](C)F)=N1. The zero-order valence-corrected chi connectivity index (χ0v) is 6.50. The van der Waals surface area contributed by atoms with Gasteiger partial charge in [0.05, 0.1) is 0 Å². The van der Waals surface area contributed by atoms with Crippen molar-refractivity contribution in [3.63, 3.8) is 0 Å². The third-order valence-corrected chi connectivity index (χ3v) is 1.28. The second-order valence-electron chi connectivity index (χ2n) is 2.40. The number of nitrogens with one attached hydrogen (secondary N) is 1. The molecule has 0 amide bonds. The van der Waals surface area contributed by atoms with E-state index in [9.17, 15) is 4.39 Å². The van der Waals surface area contributed by atoms with Crippen molar-refractivity contribution in [3.8, 4) is 0 Å². The molecular weight excluding hydrogens is 147 g/mol. The molecule has 11 heavy (non-hydrogen) atoms. The first-order chi connectivity index (χ1) is 5.09. The van der Waals surface area contributed by atoms with E-state index in [1.165, 1.54) is 6.92 Å². The maximum atomic E-state index is 12.6. The Morgan fingerprint density at radius 1 is 1.64 bits per heavy atom. The summed E-state index contributed by atoms with van der Waals surface area (Å²) in [7, 11) is 0. The van der Waals surface area contributed by atoms with Gasteiger partial charge in [-0.15, -0.1) is 0 Å². The van der Waals surface area contributed by atoms with Crippen LogP contribution < -0.4 is 11.1 Å². The fourth-order valence-electron chi connectivity index (χ4n) is 0.829. The van der Waals surface area contributed by atoms with Crippen LogP contribution in [-0.4, -0.2) is 24.1 Å². The van der Waals surface area contributed by atoms with Gasteiger partial charge in [0, 0.05) is 0 Å². The van der Waals surface area contributed by atoms with Gasteiger partial charge in [0.2, 0.25) is 0 Å². The highest BCUT2D eigenvalue weighted by Gasteiger charge is 2.15. The van der Waals surface area contributed by atoms with Gasteiger partial charge in [-0.05, 0) is 13.8 Å². The summed E-state index contributed by atoms with van der Waals surface area (Å²) in [5.74, 6) is 0.483. The lowest BCUT2D eigenvalue weighted by atomic mass is 10.3. The molecule has 0 aromatic rings. The van der Waals surface area contributed by atoms with E-state index in [-0.39, 0.29) is 18.0 Å². The molecule has 1 heterocycles. The maximum Gasteiger partial charge on any atom is 0.196 e. The average molecular weight is 158 g/mol. The van der Waals surface area contributed by atoms with Crippen LogP contribution in [0, 0.1) is 0 Å². The van der Waals surface area contributed by atoms with Gasteiger partial charge in [-0.25, -0.2) is 14.4 Å². The van der Waals surface area contributed by atoms with Crippen LogP contribution in [0.2, 0.25) is 0 Å². The number of rotatable bonds is 1. The average Bonchev–Trinajstić information content (AvgIpc) is 1.85. The van der Waals surface area contributed by atoms with E-state index in [4.69, 9.17) is 5.73 Å². The van der Waals surface area contributed by atoms with Crippen LogP contribution in [0.1, 0.15) is 13.8 Å². The lowest BCUT2D eigenvalue weighted by Gasteiger charge is -2.16. The Hall–Kier alpha value is -1.13. The van der Waals surface area contributed by atoms with Crippen molar-refractivity contribution in [1.82, 2.24) is 5.32 Å². The monoisotopic (exact) mass is 158 g/mol. The van der Waals surface area contributed by atoms with Gasteiger partial charge in [0.15, 0.2) is 12.1 Å². The third-order valence-electron chi connectivity index (χ3n) is 1.28. The summed E-state index contributed by atoms with van der Waals surface area (Å²) in [6, 6.07) is 0. The standard InChI is InChI=1S/C6H11FN4/c1-3(7)5-9-4(2)10-6(8)11-5/h3-4H,1-2H3,(H3,8,9,10,11)/t3-,4?/m1/s1. The van der Waals surface area contributed by atoms with E-state index in [1.807, 2.05) is 0 Å². The molecule has 1 aliphatic heterocycles. The van der Waals surface area contributed by atoms with Gasteiger partial charge in [0.1, 0.15) is 12.0 Å². The maximum absolute atomic E-state index is 12.6. The van der Waals surface area contributed by atoms with Crippen molar-refractivity contribution >= 4 is 11.8 Å². The molecule has 5 heteroatoms. The Morgan fingerprint density at radius 2 is 2.27 bits per heavy atom. The Kier molecular flexibility index (Phi) is 2.07. The third kappa shape index (κ3) is 1.89. The molecule has 0 aromatic carbocycles. The molecule has 0 spiro atoms. The fraction of sp³-hybridized carbons (Fsp3) is 0.667. The topological polar surface area (TPSA) is 62.8 Å². The van der Waals surface area contributed by atoms with Crippen molar-refractivity contribution in [2.45, 2.75) is 26.2 Å². The molecule has 1 rings (SSSR count). The van der Waals surface area contributed by atoms with Crippen LogP contribution in [0.4, 0.5) is 4.39 Å². The Morgan fingerprint density at radius 3 is 2.73 bits per heavy atom. The van der Waals surface area contributed by atoms with Gasteiger partial charge >= 0.3 is 0 Å². The molecule has 1 aliphatic rings. The molecule has 1 unspecified atom stereocenters. The minimum atomic E-state index is -1.12. The van der Waals surface area contributed by atoms with E-state index in [2.05, 4.69) is 15.3 Å². The Bertz CT molecular complexity index is 209. The molecular formula is C6H11FN4. The Balaban J connectivity index is 2.71. The summed E-state index contributed by atoms with van der Waals surface area (Å²) >= 11 is 0. The first kappa shape index (κ1) is 7.97. The van der Waals surface area contributed by atoms with Crippen molar-refractivity contribution in [2.75, 3.05) is 0 Å². The second kappa shape index (κ2) is 2.86. The summed E-state index contributed by atoms with van der Waals surface area (Å²) < 4.78 is 12.6. The lowest BCUT2D eigenvalue weighted by Crippen LogP contribution is -2.44. The van der Waals surface area contributed by atoms with Gasteiger partial charge in [0.25, 0.3) is 0 Å². The number of nitrogens with zero attached hydrogens (tertiary/aromatic N) is 2. The van der Waals surface area contributed by atoms with Crippen LogP contribution in [-0.2, 0) is 0 Å². The summed E-state index contributed by atoms with van der Waals surface area (Å²) in [6.45, 7) is 3.15. The van der Waals surface area contributed by atoms with Crippen molar-refractivity contribution in [2.24, 2.45) is 15.7 Å². The fourth-order valence-corrected chi connectivity index (χ4v) is 0.829. The number of aliphatic imine (C=N–C) groups is 2. The van der Waals surface area contributed by atoms with E-state index in [0.717, 1.165) is 0 Å². The summed E-state index contributed by atoms with van der Waals surface area (Å²) in [4.78, 5) is 7.74. The smallest absolute Gasteiger partial charge is 0.196 e. The largest absolute Gasteiger partial charge is 0.370 e. The number of guanidine groups is 1. The molecule has 2 atom stereocenters. The molecule has 0 aliphatic carbocycles. The van der Waals surface area contributed by atoms with Crippen molar-refractivity contribution in [3.05, 3.63) is 0 Å². The van der Waals surface area contributed by atoms with E-state index >= 15 is 0 Å². The molecule has 4 nitrogen and oxygen atoms in total. The normalized spacial score (nSPS) is 26.6. The minimum absolute atomic E-state index is 0.229. The van der Waals surface area contributed by atoms with Gasteiger partial charge in [-0.2, -0.15) is 0 Å².